The van der Waals surface area contributed by atoms with Crippen molar-refractivity contribution in [3.63, 3.8) is 0 Å². The van der Waals surface area contributed by atoms with Gasteiger partial charge in [-0.15, -0.1) is 0 Å². The first-order valence-electron chi connectivity index (χ1n) is 9.94. The lowest BCUT2D eigenvalue weighted by atomic mass is 10.1. The van der Waals surface area contributed by atoms with E-state index in [1.165, 1.54) is 6.33 Å². The highest BCUT2D eigenvalue weighted by molar-refractivity contribution is 5.98. The lowest BCUT2D eigenvalue weighted by Gasteiger charge is -2.11. The molecule has 31 heavy (non-hydrogen) atoms. The maximum Gasteiger partial charge on any atom is 0.164 e. The second-order valence-electron chi connectivity index (χ2n) is 7.38. The minimum Gasteiger partial charge on any atom is -0.497 e. The molecule has 0 fully saturated rings. The van der Waals surface area contributed by atoms with Crippen molar-refractivity contribution in [3.05, 3.63) is 54.4 Å². The zero-order chi connectivity index (χ0) is 22.0. The number of aromatic nitrogens is 4. The van der Waals surface area contributed by atoms with Crippen molar-refractivity contribution in [3.8, 4) is 28.5 Å². The van der Waals surface area contributed by atoms with Crippen LogP contribution in [0, 0.1) is 0 Å². The summed E-state index contributed by atoms with van der Waals surface area (Å²) in [6, 6.07) is 13.5. The first-order chi connectivity index (χ1) is 15.0. The van der Waals surface area contributed by atoms with Crippen molar-refractivity contribution in [1.82, 2.24) is 19.7 Å². The van der Waals surface area contributed by atoms with E-state index < -0.39 is 0 Å². The molecule has 8 heteroatoms. The zero-order valence-corrected chi connectivity index (χ0v) is 18.0. The smallest absolute Gasteiger partial charge is 0.164 e. The molecule has 0 unspecified atom stereocenters. The number of methoxy groups -OCH3 is 2. The third kappa shape index (κ3) is 4.09. The van der Waals surface area contributed by atoms with Crippen LogP contribution in [-0.4, -0.2) is 34.0 Å². The van der Waals surface area contributed by atoms with Crippen LogP contribution < -0.4 is 19.9 Å². The zero-order valence-electron chi connectivity index (χ0n) is 18.0. The first-order valence-corrected chi connectivity index (χ1v) is 9.94. The van der Waals surface area contributed by atoms with Crippen molar-refractivity contribution < 1.29 is 14.2 Å². The number of ether oxygens (including phenoxy) is 3. The summed E-state index contributed by atoms with van der Waals surface area (Å²) in [6.45, 7) is 4.47. The Bertz CT molecular complexity index is 1200. The van der Waals surface area contributed by atoms with Gasteiger partial charge in [-0.2, -0.15) is 5.10 Å². The molecule has 0 aliphatic heterocycles. The van der Waals surface area contributed by atoms with Crippen LogP contribution in [0.3, 0.4) is 0 Å². The van der Waals surface area contributed by atoms with Crippen molar-refractivity contribution in [2.24, 2.45) is 0 Å². The number of nitrogens with zero attached hydrogens (tertiary/aromatic N) is 4. The molecule has 160 valence electrons. The largest absolute Gasteiger partial charge is 0.497 e. The molecular weight excluding hydrogens is 394 g/mol. The van der Waals surface area contributed by atoms with E-state index in [1.54, 1.807) is 14.2 Å². The van der Waals surface area contributed by atoms with Gasteiger partial charge in [-0.05, 0) is 43.7 Å². The van der Waals surface area contributed by atoms with Gasteiger partial charge in [-0.1, -0.05) is 12.1 Å². The molecule has 0 bridgehead atoms. The Kier molecular flexibility index (Phi) is 5.62. The van der Waals surface area contributed by atoms with Crippen LogP contribution in [0.25, 0.3) is 22.3 Å². The van der Waals surface area contributed by atoms with Crippen molar-refractivity contribution in [1.29, 1.82) is 0 Å². The summed E-state index contributed by atoms with van der Waals surface area (Å²) in [4.78, 5) is 8.55. The summed E-state index contributed by atoms with van der Waals surface area (Å²) >= 11 is 0. The summed E-state index contributed by atoms with van der Waals surface area (Å²) < 4.78 is 18.6. The highest BCUT2D eigenvalue weighted by Crippen LogP contribution is 2.33. The van der Waals surface area contributed by atoms with Crippen LogP contribution in [0.15, 0.2) is 48.8 Å². The van der Waals surface area contributed by atoms with Crippen LogP contribution in [0.2, 0.25) is 0 Å². The molecule has 0 radical (unpaired) electrons. The number of benzene rings is 2. The predicted molar refractivity (Wildman–Crippen MR) is 119 cm³/mol. The van der Waals surface area contributed by atoms with Gasteiger partial charge in [-0.25, -0.2) is 14.6 Å². The van der Waals surface area contributed by atoms with Gasteiger partial charge in [-0.3, -0.25) is 0 Å². The van der Waals surface area contributed by atoms with Crippen LogP contribution in [-0.2, 0) is 6.61 Å². The lowest BCUT2D eigenvalue weighted by Crippen LogP contribution is -2.04. The SMILES string of the molecule is COc1cc(COc2cccc(-c3nn(C(C)C)c4ncnc(N)c34)c2)cc(OC)c1. The summed E-state index contributed by atoms with van der Waals surface area (Å²) in [5, 5.41) is 5.51. The molecular formula is C23H25N5O3. The highest BCUT2D eigenvalue weighted by Gasteiger charge is 2.18. The minimum atomic E-state index is 0.132. The molecule has 0 atom stereocenters. The fourth-order valence-corrected chi connectivity index (χ4v) is 3.41. The Morgan fingerprint density at radius 2 is 1.71 bits per heavy atom. The molecule has 2 aromatic heterocycles. The molecule has 0 amide bonds. The third-order valence-electron chi connectivity index (χ3n) is 4.93. The molecule has 0 aliphatic rings. The summed E-state index contributed by atoms with van der Waals surface area (Å²) in [6.07, 6.45) is 1.46. The molecule has 4 aromatic rings. The molecule has 0 saturated carbocycles. The lowest BCUT2D eigenvalue weighted by molar-refractivity contribution is 0.304. The van der Waals surface area contributed by atoms with Gasteiger partial charge in [0.25, 0.3) is 0 Å². The maximum absolute atomic E-state index is 6.18. The Labute approximate surface area is 180 Å². The molecule has 0 saturated heterocycles. The quantitative estimate of drug-likeness (QED) is 0.478. The normalized spacial score (nSPS) is 11.1. The fraction of sp³-hybridized carbons (Fsp3) is 0.261. The Morgan fingerprint density at radius 3 is 2.39 bits per heavy atom. The third-order valence-corrected chi connectivity index (χ3v) is 4.93. The van der Waals surface area contributed by atoms with Crippen LogP contribution in [0.4, 0.5) is 5.82 Å². The fourth-order valence-electron chi connectivity index (χ4n) is 3.41. The molecule has 2 aromatic carbocycles. The van der Waals surface area contributed by atoms with Gasteiger partial charge in [0, 0.05) is 17.7 Å². The Morgan fingerprint density at radius 1 is 0.968 bits per heavy atom. The number of rotatable bonds is 7. The van der Waals surface area contributed by atoms with Gasteiger partial charge in [0.05, 0.1) is 19.6 Å². The van der Waals surface area contributed by atoms with E-state index in [4.69, 9.17) is 25.0 Å². The van der Waals surface area contributed by atoms with E-state index >= 15 is 0 Å². The van der Waals surface area contributed by atoms with Crippen LogP contribution in [0.1, 0.15) is 25.5 Å². The van der Waals surface area contributed by atoms with E-state index in [0.29, 0.717) is 35.3 Å². The van der Waals surface area contributed by atoms with E-state index in [9.17, 15) is 0 Å². The van der Waals surface area contributed by atoms with Crippen LogP contribution >= 0.6 is 0 Å². The summed E-state index contributed by atoms with van der Waals surface area (Å²) in [5.74, 6) is 2.55. The van der Waals surface area contributed by atoms with Gasteiger partial charge < -0.3 is 19.9 Å². The number of nitrogen functional groups attached to an aromatic ring is 1. The summed E-state index contributed by atoms with van der Waals surface area (Å²) in [5.41, 5.74) is 9.44. The Hall–Kier alpha value is -3.81. The number of anilines is 1. The number of hydrogen-bond donors (Lipinski definition) is 1. The molecule has 2 N–H and O–H groups in total. The van der Waals surface area contributed by atoms with Crippen molar-refractivity contribution in [2.75, 3.05) is 20.0 Å². The standard InChI is InChI=1S/C23H25N5O3/c1-14(2)28-23-20(22(24)25-13-26-23)21(27-28)16-6-5-7-17(10-16)31-12-15-8-18(29-3)11-19(9-15)30-4/h5-11,13-14H,12H2,1-4H3,(H2,24,25,26). The molecule has 4 rings (SSSR count). The second kappa shape index (κ2) is 8.51. The number of nitrogens with two attached hydrogens (primary N) is 1. The van der Waals surface area contributed by atoms with Crippen molar-refractivity contribution in [2.45, 2.75) is 26.5 Å². The number of hydrogen-bond acceptors (Lipinski definition) is 7. The summed E-state index contributed by atoms with van der Waals surface area (Å²) in [7, 11) is 3.25. The van der Waals surface area contributed by atoms with E-state index in [2.05, 4.69) is 23.8 Å². The Balaban J connectivity index is 1.66. The van der Waals surface area contributed by atoms with E-state index in [1.807, 2.05) is 47.1 Å². The highest BCUT2D eigenvalue weighted by atomic mass is 16.5. The van der Waals surface area contributed by atoms with Crippen molar-refractivity contribution >= 4 is 16.9 Å². The first kappa shape index (κ1) is 20.5. The monoisotopic (exact) mass is 419 g/mol. The van der Waals surface area contributed by atoms with Gasteiger partial charge in [0.1, 0.15) is 41.7 Å². The van der Waals surface area contributed by atoms with Gasteiger partial charge in [0.2, 0.25) is 0 Å². The van der Waals surface area contributed by atoms with E-state index in [0.717, 1.165) is 22.2 Å². The molecule has 0 aliphatic carbocycles. The maximum atomic E-state index is 6.18. The minimum absolute atomic E-state index is 0.132. The van der Waals surface area contributed by atoms with Crippen LogP contribution in [0.5, 0.6) is 17.2 Å². The average Bonchev–Trinajstić information content (AvgIpc) is 3.19. The molecule has 8 nitrogen and oxygen atoms in total. The molecule has 0 spiro atoms. The topological polar surface area (TPSA) is 97.3 Å². The predicted octanol–water partition coefficient (Wildman–Crippen LogP) is 4.25. The molecule has 2 heterocycles. The van der Waals surface area contributed by atoms with Gasteiger partial charge >= 0.3 is 0 Å². The average molecular weight is 419 g/mol. The number of fused-ring (bicyclic) bond motifs is 1. The second-order valence-corrected chi connectivity index (χ2v) is 7.38. The van der Waals surface area contributed by atoms with Gasteiger partial charge in [0.15, 0.2) is 5.65 Å². The van der Waals surface area contributed by atoms with E-state index in [-0.39, 0.29) is 6.04 Å².